The zero-order chi connectivity index (χ0) is 17.8. The predicted molar refractivity (Wildman–Crippen MR) is 104 cm³/mol. The number of aryl methyl sites for hydroxylation is 2. The second-order valence-corrected chi connectivity index (χ2v) is 6.87. The van der Waals surface area contributed by atoms with Crippen molar-refractivity contribution in [1.29, 1.82) is 0 Å². The van der Waals surface area contributed by atoms with Crippen LogP contribution in [0.25, 0.3) is 16.8 Å². The maximum atomic E-state index is 5.97. The maximum Gasteiger partial charge on any atom is 0.238 e. The third-order valence-corrected chi connectivity index (χ3v) is 5.10. The van der Waals surface area contributed by atoms with Gasteiger partial charge in [0.15, 0.2) is 0 Å². The Balaban J connectivity index is 1.87. The fourth-order valence-corrected chi connectivity index (χ4v) is 3.85. The van der Waals surface area contributed by atoms with Gasteiger partial charge in [0.2, 0.25) is 5.95 Å². The van der Waals surface area contributed by atoms with Gasteiger partial charge >= 0.3 is 0 Å². The van der Waals surface area contributed by atoms with E-state index in [0.717, 1.165) is 28.0 Å². The Labute approximate surface area is 151 Å². The van der Waals surface area contributed by atoms with E-state index in [1.165, 1.54) is 16.7 Å². The van der Waals surface area contributed by atoms with Gasteiger partial charge in [-0.2, -0.15) is 0 Å². The van der Waals surface area contributed by atoms with Gasteiger partial charge in [-0.25, -0.2) is 9.50 Å². The number of aromatic nitrogens is 3. The summed E-state index contributed by atoms with van der Waals surface area (Å²) in [6, 6.07) is 16.9. The van der Waals surface area contributed by atoms with Gasteiger partial charge < -0.3 is 11.1 Å². The summed E-state index contributed by atoms with van der Waals surface area (Å²) in [5, 5.41) is 8.11. The zero-order valence-corrected chi connectivity index (χ0v) is 14.7. The molecule has 0 radical (unpaired) electrons. The van der Waals surface area contributed by atoms with Gasteiger partial charge in [0.25, 0.3) is 0 Å². The number of benzene rings is 2. The quantitative estimate of drug-likeness (QED) is 0.547. The molecule has 2 aromatic heterocycles. The summed E-state index contributed by atoms with van der Waals surface area (Å²) in [6.07, 6.45) is 1.96. The molecule has 0 bridgehead atoms. The standard InChI is InChI=1S/C21H19N5/c1-12-7-8-13(2)16(11-12)18-15-9-10-26-20(15)19(24-21(22)25-26)14-5-3-4-6-17(14)23-18/h3-11,18,23H,1-2H3,(H2,22,25). The Morgan fingerprint density at radius 1 is 1.04 bits per heavy atom. The summed E-state index contributed by atoms with van der Waals surface area (Å²) < 4.78 is 1.84. The second kappa shape index (κ2) is 5.33. The van der Waals surface area contributed by atoms with Crippen molar-refractivity contribution in [2.24, 2.45) is 0 Å². The average molecular weight is 341 g/mol. The highest BCUT2D eigenvalue weighted by molar-refractivity contribution is 5.90. The Morgan fingerprint density at radius 3 is 2.77 bits per heavy atom. The van der Waals surface area contributed by atoms with E-state index >= 15 is 0 Å². The second-order valence-electron chi connectivity index (χ2n) is 6.87. The Hall–Kier alpha value is -3.34. The van der Waals surface area contributed by atoms with E-state index in [1.807, 2.05) is 22.8 Å². The Kier molecular flexibility index (Phi) is 3.06. The molecule has 3 heterocycles. The largest absolute Gasteiger partial charge is 0.373 e. The number of nitrogens with two attached hydrogens (primary N) is 1. The lowest BCUT2D eigenvalue weighted by molar-refractivity contribution is 0.908. The zero-order valence-electron chi connectivity index (χ0n) is 14.7. The van der Waals surface area contributed by atoms with E-state index < -0.39 is 0 Å². The molecule has 0 spiro atoms. The molecule has 1 aliphatic rings. The Morgan fingerprint density at radius 2 is 1.88 bits per heavy atom. The van der Waals surface area contributed by atoms with Crippen molar-refractivity contribution < 1.29 is 0 Å². The topological polar surface area (TPSA) is 68.2 Å². The lowest BCUT2D eigenvalue weighted by Gasteiger charge is -2.21. The molecule has 2 aromatic carbocycles. The number of hydrogen-bond acceptors (Lipinski definition) is 4. The third-order valence-electron chi connectivity index (χ3n) is 5.10. The molecule has 5 heteroatoms. The van der Waals surface area contributed by atoms with E-state index in [2.05, 4.69) is 65.6 Å². The average Bonchev–Trinajstić information content (AvgIpc) is 2.99. The van der Waals surface area contributed by atoms with Crippen molar-refractivity contribution in [3.8, 4) is 11.3 Å². The lowest BCUT2D eigenvalue weighted by atomic mass is 9.94. The molecule has 4 aromatic rings. The first-order valence-corrected chi connectivity index (χ1v) is 8.69. The van der Waals surface area contributed by atoms with Crippen LogP contribution in [0.15, 0.2) is 54.7 Å². The van der Waals surface area contributed by atoms with Gasteiger partial charge in [0, 0.05) is 23.0 Å². The molecule has 1 atom stereocenters. The fraction of sp³-hybridized carbons (Fsp3) is 0.143. The molecule has 5 rings (SSSR count). The van der Waals surface area contributed by atoms with Crippen LogP contribution in [0.3, 0.4) is 0 Å². The molecule has 26 heavy (non-hydrogen) atoms. The van der Waals surface area contributed by atoms with Crippen LogP contribution >= 0.6 is 0 Å². The van der Waals surface area contributed by atoms with Gasteiger partial charge in [-0.1, -0.05) is 42.0 Å². The van der Waals surface area contributed by atoms with Gasteiger partial charge in [-0.15, -0.1) is 5.10 Å². The van der Waals surface area contributed by atoms with Crippen LogP contribution in [-0.2, 0) is 0 Å². The molecular formula is C21H19N5. The summed E-state index contributed by atoms with van der Waals surface area (Å²) in [7, 11) is 0. The number of nitrogens with zero attached hydrogens (tertiary/aromatic N) is 3. The molecule has 1 aliphatic heterocycles. The van der Waals surface area contributed by atoms with Crippen LogP contribution in [-0.4, -0.2) is 14.6 Å². The van der Waals surface area contributed by atoms with Crippen LogP contribution in [0.4, 0.5) is 11.6 Å². The third kappa shape index (κ3) is 2.10. The number of para-hydroxylation sites is 1. The first-order valence-electron chi connectivity index (χ1n) is 8.69. The summed E-state index contributed by atoms with van der Waals surface area (Å²) >= 11 is 0. The molecular weight excluding hydrogens is 322 g/mol. The highest BCUT2D eigenvalue weighted by Gasteiger charge is 2.27. The van der Waals surface area contributed by atoms with Crippen LogP contribution in [0.2, 0.25) is 0 Å². The SMILES string of the molecule is Cc1ccc(C)c(C2Nc3ccccc3-c3nc(N)nn4ccc2c34)c1. The van der Waals surface area contributed by atoms with Crippen LogP contribution in [0.1, 0.15) is 28.3 Å². The monoisotopic (exact) mass is 341 g/mol. The van der Waals surface area contributed by atoms with Crippen LogP contribution < -0.4 is 11.1 Å². The molecule has 128 valence electrons. The summed E-state index contributed by atoms with van der Waals surface area (Å²) in [5.74, 6) is 0.273. The van der Waals surface area contributed by atoms with E-state index in [4.69, 9.17) is 5.73 Å². The lowest BCUT2D eigenvalue weighted by Crippen LogP contribution is -2.13. The number of anilines is 2. The first-order chi connectivity index (χ1) is 12.6. The van der Waals surface area contributed by atoms with Crippen molar-refractivity contribution in [3.05, 3.63) is 77.0 Å². The summed E-state index contributed by atoms with van der Waals surface area (Å²) in [6.45, 7) is 4.28. The Bertz CT molecular complexity index is 1160. The van der Waals surface area contributed by atoms with Crippen LogP contribution in [0.5, 0.6) is 0 Å². The maximum absolute atomic E-state index is 5.97. The number of nitrogen functional groups attached to an aromatic ring is 1. The smallest absolute Gasteiger partial charge is 0.238 e. The minimum absolute atomic E-state index is 0.0227. The number of nitrogens with one attached hydrogen (secondary N) is 1. The number of fused-ring (bicyclic) bond motifs is 2. The normalized spacial score (nSPS) is 15.4. The molecule has 0 aliphatic carbocycles. The van der Waals surface area contributed by atoms with Gasteiger partial charge in [-0.3, -0.25) is 0 Å². The van der Waals surface area contributed by atoms with Crippen molar-refractivity contribution in [1.82, 2.24) is 14.6 Å². The predicted octanol–water partition coefficient (Wildman–Crippen LogP) is 4.11. The molecule has 0 saturated carbocycles. The van der Waals surface area contributed by atoms with Crippen LogP contribution in [0, 0.1) is 13.8 Å². The minimum atomic E-state index is 0.0227. The van der Waals surface area contributed by atoms with E-state index in [1.54, 1.807) is 0 Å². The highest BCUT2D eigenvalue weighted by Crippen LogP contribution is 2.42. The molecule has 0 fully saturated rings. The molecule has 5 nitrogen and oxygen atoms in total. The van der Waals surface area contributed by atoms with Crippen molar-refractivity contribution in [2.75, 3.05) is 11.1 Å². The molecule has 0 saturated heterocycles. The summed E-state index contributed by atoms with van der Waals surface area (Å²) in [5.41, 5.74) is 14.8. The van der Waals surface area contributed by atoms with E-state index in [0.29, 0.717) is 0 Å². The molecule has 3 N–H and O–H groups in total. The van der Waals surface area contributed by atoms with Crippen molar-refractivity contribution >= 4 is 17.2 Å². The van der Waals surface area contributed by atoms with Gasteiger partial charge in [0.05, 0.1) is 11.6 Å². The number of rotatable bonds is 1. The summed E-state index contributed by atoms with van der Waals surface area (Å²) in [4.78, 5) is 4.58. The minimum Gasteiger partial charge on any atom is -0.373 e. The molecule has 0 amide bonds. The fourth-order valence-electron chi connectivity index (χ4n) is 3.85. The van der Waals surface area contributed by atoms with Gasteiger partial charge in [0.1, 0.15) is 5.69 Å². The highest BCUT2D eigenvalue weighted by atomic mass is 15.3. The molecule has 1 unspecified atom stereocenters. The van der Waals surface area contributed by atoms with E-state index in [9.17, 15) is 0 Å². The van der Waals surface area contributed by atoms with E-state index in [-0.39, 0.29) is 12.0 Å². The van der Waals surface area contributed by atoms with Crippen molar-refractivity contribution in [3.63, 3.8) is 0 Å². The van der Waals surface area contributed by atoms with Crippen molar-refractivity contribution in [2.45, 2.75) is 19.9 Å². The number of hydrogen-bond donors (Lipinski definition) is 2. The first kappa shape index (κ1) is 15.0. The van der Waals surface area contributed by atoms with Gasteiger partial charge in [-0.05, 0) is 37.1 Å².